The summed E-state index contributed by atoms with van der Waals surface area (Å²) in [6, 6.07) is 5.62. The molecule has 20 heavy (non-hydrogen) atoms. The van der Waals surface area contributed by atoms with Crippen molar-refractivity contribution in [3.8, 4) is 11.5 Å². The summed E-state index contributed by atoms with van der Waals surface area (Å²) in [4.78, 5) is 4.19. The van der Waals surface area contributed by atoms with E-state index in [9.17, 15) is 5.11 Å². The number of aromatic nitrogens is 3. The molecule has 1 aromatic carbocycles. The molecule has 0 fully saturated rings. The summed E-state index contributed by atoms with van der Waals surface area (Å²) in [6.45, 7) is 4.22. The van der Waals surface area contributed by atoms with Gasteiger partial charge in [0.25, 0.3) is 0 Å². The molecular formula is C14H19N3O3. The summed E-state index contributed by atoms with van der Waals surface area (Å²) in [5.74, 6) is 1.86. The number of methoxy groups -OCH3 is 1. The normalized spacial score (nSPS) is 10.8. The molecule has 2 rings (SSSR count). The van der Waals surface area contributed by atoms with Gasteiger partial charge in [-0.2, -0.15) is 5.10 Å². The Balaban J connectivity index is 2.20. The van der Waals surface area contributed by atoms with Gasteiger partial charge in [-0.15, -0.1) is 0 Å². The van der Waals surface area contributed by atoms with E-state index in [1.165, 1.54) is 6.33 Å². The molecule has 0 aliphatic carbocycles. The molecule has 0 radical (unpaired) electrons. The van der Waals surface area contributed by atoms with Gasteiger partial charge in [0.15, 0.2) is 17.3 Å². The van der Waals surface area contributed by atoms with Crippen LogP contribution in [0.2, 0.25) is 0 Å². The molecular weight excluding hydrogens is 258 g/mol. The molecule has 0 aliphatic rings. The van der Waals surface area contributed by atoms with Crippen LogP contribution in [-0.2, 0) is 13.2 Å². The summed E-state index contributed by atoms with van der Waals surface area (Å²) in [5, 5.41) is 13.5. The molecule has 0 saturated heterocycles. The predicted molar refractivity (Wildman–Crippen MR) is 73.7 cm³/mol. The van der Waals surface area contributed by atoms with Crippen molar-refractivity contribution >= 4 is 0 Å². The Hall–Kier alpha value is -2.08. The highest BCUT2D eigenvalue weighted by molar-refractivity contribution is 5.46. The third-order valence-corrected chi connectivity index (χ3v) is 2.93. The van der Waals surface area contributed by atoms with Crippen LogP contribution in [-0.4, -0.2) is 27.0 Å². The van der Waals surface area contributed by atoms with Crippen LogP contribution in [0.3, 0.4) is 0 Å². The molecule has 1 aromatic heterocycles. The molecule has 0 saturated carbocycles. The summed E-state index contributed by atoms with van der Waals surface area (Å²) >= 11 is 0. The average Bonchev–Trinajstić information content (AvgIpc) is 2.93. The van der Waals surface area contributed by atoms with Crippen LogP contribution in [0.5, 0.6) is 11.5 Å². The number of ether oxygens (including phenoxy) is 2. The monoisotopic (exact) mass is 277 g/mol. The molecule has 108 valence electrons. The van der Waals surface area contributed by atoms with E-state index >= 15 is 0 Å². The van der Waals surface area contributed by atoms with Gasteiger partial charge < -0.3 is 14.6 Å². The first-order valence-electron chi connectivity index (χ1n) is 6.45. The third kappa shape index (κ3) is 2.91. The highest BCUT2D eigenvalue weighted by Crippen LogP contribution is 2.31. The maximum Gasteiger partial charge on any atom is 0.167 e. The van der Waals surface area contributed by atoms with Gasteiger partial charge in [-0.25, -0.2) is 9.67 Å². The van der Waals surface area contributed by atoms with Crippen molar-refractivity contribution in [2.24, 2.45) is 0 Å². The number of aliphatic hydroxyl groups is 1. The molecule has 2 aromatic rings. The number of benzene rings is 1. The van der Waals surface area contributed by atoms with Crippen molar-refractivity contribution < 1.29 is 14.6 Å². The molecule has 6 nitrogen and oxygen atoms in total. The van der Waals surface area contributed by atoms with Crippen molar-refractivity contribution in [3.63, 3.8) is 0 Å². The van der Waals surface area contributed by atoms with E-state index < -0.39 is 0 Å². The van der Waals surface area contributed by atoms with E-state index in [1.54, 1.807) is 23.9 Å². The van der Waals surface area contributed by atoms with Gasteiger partial charge in [0.1, 0.15) is 12.9 Å². The zero-order chi connectivity index (χ0) is 14.5. The molecule has 0 amide bonds. The van der Waals surface area contributed by atoms with Gasteiger partial charge in [0, 0.05) is 11.6 Å². The second kappa shape index (κ2) is 6.38. The smallest absolute Gasteiger partial charge is 0.167 e. The van der Waals surface area contributed by atoms with E-state index in [1.807, 2.05) is 19.9 Å². The van der Waals surface area contributed by atoms with Crippen LogP contribution in [0.4, 0.5) is 0 Å². The van der Waals surface area contributed by atoms with Gasteiger partial charge in [0.2, 0.25) is 0 Å². The van der Waals surface area contributed by atoms with Crippen molar-refractivity contribution in [3.05, 3.63) is 35.9 Å². The van der Waals surface area contributed by atoms with Crippen molar-refractivity contribution in [1.82, 2.24) is 14.8 Å². The van der Waals surface area contributed by atoms with Crippen molar-refractivity contribution in [2.75, 3.05) is 7.11 Å². The second-order valence-electron chi connectivity index (χ2n) is 4.61. The predicted octanol–water partition coefficient (Wildman–Crippen LogP) is 1.94. The third-order valence-electron chi connectivity index (χ3n) is 2.93. The lowest BCUT2D eigenvalue weighted by molar-refractivity contribution is 0.241. The Morgan fingerprint density at radius 1 is 1.35 bits per heavy atom. The Morgan fingerprint density at radius 3 is 2.80 bits per heavy atom. The van der Waals surface area contributed by atoms with E-state index in [4.69, 9.17) is 9.47 Å². The fourth-order valence-corrected chi connectivity index (χ4v) is 1.96. The molecule has 1 N–H and O–H groups in total. The van der Waals surface area contributed by atoms with Gasteiger partial charge >= 0.3 is 0 Å². The van der Waals surface area contributed by atoms with Crippen molar-refractivity contribution in [2.45, 2.75) is 33.1 Å². The fraction of sp³-hybridized carbons (Fsp3) is 0.429. The molecule has 0 aliphatic heterocycles. The number of nitrogens with zero attached hydrogens (tertiary/aromatic N) is 3. The molecule has 0 spiro atoms. The summed E-state index contributed by atoms with van der Waals surface area (Å²) in [5.41, 5.74) is 0.681. The summed E-state index contributed by atoms with van der Waals surface area (Å²) < 4.78 is 12.8. The minimum Gasteiger partial charge on any atom is -0.493 e. The molecule has 0 bridgehead atoms. The first-order chi connectivity index (χ1) is 9.67. The van der Waals surface area contributed by atoms with Crippen LogP contribution in [0.1, 0.15) is 31.3 Å². The maximum absolute atomic E-state index is 9.37. The van der Waals surface area contributed by atoms with Gasteiger partial charge in [-0.05, 0) is 19.9 Å². The number of rotatable bonds is 6. The van der Waals surface area contributed by atoms with E-state index in [0.717, 1.165) is 5.82 Å². The molecule has 0 unspecified atom stereocenters. The Bertz CT molecular complexity index is 544. The van der Waals surface area contributed by atoms with Crippen LogP contribution in [0.25, 0.3) is 0 Å². The van der Waals surface area contributed by atoms with Gasteiger partial charge in [-0.1, -0.05) is 12.1 Å². The van der Waals surface area contributed by atoms with Gasteiger partial charge in [-0.3, -0.25) is 0 Å². The van der Waals surface area contributed by atoms with Crippen LogP contribution in [0.15, 0.2) is 24.5 Å². The Kier molecular flexibility index (Phi) is 4.57. The zero-order valence-corrected chi connectivity index (χ0v) is 11.9. The standard InChI is InChI=1S/C14H19N3O3/c1-10(2)17-13(15-9-16-17)8-20-14-11(7-18)5-4-6-12(14)19-3/h4-6,9-10,18H,7-8H2,1-3H3. The van der Waals surface area contributed by atoms with E-state index in [-0.39, 0.29) is 19.3 Å². The number of para-hydroxylation sites is 1. The van der Waals surface area contributed by atoms with Crippen LogP contribution < -0.4 is 9.47 Å². The van der Waals surface area contributed by atoms with E-state index in [0.29, 0.717) is 17.1 Å². The minimum atomic E-state index is -0.108. The van der Waals surface area contributed by atoms with E-state index in [2.05, 4.69) is 10.1 Å². The van der Waals surface area contributed by atoms with Gasteiger partial charge in [0.05, 0.1) is 13.7 Å². The maximum atomic E-state index is 9.37. The highest BCUT2D eigenvalue weighted by atomic mass is 16.5. The molecule has 1 heterocycles. The first-order valence-corrected chi connectivity index (χ1v) is 6.45. The fourth-order valence-electron chi connectivity index (χ4n) is 1.96. The number of hydrogen-bond donors (Lipinski definition) is 1. The second-order valence-corrected chi connectivity index (χ2v) is 4.61. The Labute approximate surface area is 118 Å². The highest BCUT2D eigenvalue weighted by Gasteiger charge is 2.13. The van der Waals surface area contributed by atoms with Crippen LogP contribution >= 0.6 is 0 Å². The largest absolute Gasteiger partial charge is 0.493 e. The lowest BCUT2D eigenvalue weighted by Gasteiger charge is -2.15. The quantitative estimate of drug-likeness (QED) is 0.873. The first kappa shape index (κ1) is 14.3. The minimum absolute atomic E-state index is 0.108. The zero-order valence-electron chi connectivity index (χ0n) is 11.9. The molecule has 6 heteroatoms. The number of hydrogen-bond acceptors (Lipinski definition) is 5. The lowest BCUT2D eigenvalue weighted by atomic mass is 10.2. The summed E-state index contributed by atoms with van der Waals surface area (Å²) in [6.07, 6.45) is 1.51. The lowest BCUT2D eigenvalue weighted by Crippen LogP contribution is -2.11. The number of aliphatic hydroxyl groups excluding tert-OH is 1. The summed E-state index contributed by atoms with van der Waals surface area (Å²) in [7, 11) is 1.57. The van der Waals surface area contributed by atoms with Crippen molar-refractivity contribution in [1.29, 1.82) is 0 Å². The molecule has 0 atom stereocenters. The topological polar surface area (TPSA) is 69.4 Å². The Morgan fingerprint density at radius 2 is 2.15 bits per heavy atom. The SMILES string of the molecule is COc1cccc(CO)c1OCc1ncnn1C(C)C. The average molecular weight is 277 g/mol. The van der Waals surface area contributed by atoms with Crippen LogP contribution in [0, 0.1) is 0 Å².